The summed E-state index contributed by atoms with van der Waals surface area (Å²) in [5, 5.41) is 3.15. The summed E-state index contributed by atoms with van der Waals surface area (Å²) in [6.07, 6.45) is 0.181. The fraction of sp³-hybridized carbons (Fsp3) is 1.00. The summed E-state index contributed by atoms with van der Waals surface area (Å²) in [6, 6.07) is -0.0209. The van der Waals surface area contributed by atoms with E-state index >= 15 is 0 Å². The highest BCUT2D eigenvalue weighted by Crippen LogP contribution is 2.28. The van der Waals surface area contributed by atoms with Crippen molar-refractivity contribution in [3.05, 3.63) is 0 Å². The van der Waals surface area contributed by atoms with Crippen LogP contribution in [0.15, 0.2) is 0 Å². The lowest BCUT2D eigenvalue weighted by Gasteiger charge is -2.25. The summed E-state index contributed by atoms with van der Waals surface area (Å²) in [7, 11) is 0. The van der Waals surface area contributed by atoms with E-state index in [2.05, 4.69) is 5.32 Å². The maximum Gasteiger partial charge on any atom is 0.197 e. The highest BCUT2D eigenvalue weighted by Gasteiger charge is 2.48. The van der Waals surface area contributed by atoms with Gasteiger partial charge in [0.15, 0.2) is 5.79 Å². The molecule has 2 rings (SSSR count). The third-order valence-corrected chi connectivity index (χ3v) is 2.26. The topological polar surface area (TPSA) is 56.5 Å². The number of nitrogens with two attached hydrogens (primary N) is 1. The van der Waals surface area contributed by atoms with Gasteiger partial charge in [-0.1, -0.05) is 0 Å². The van der Waals surface area contributed by atoms with Crippen molar-refractivity contribution in [1.82, 2.24) is 5.32 Å². The van der Waals surface area contributed by atoms with Gasteiger partial charge in [0.1, 0.15) is 0 Å². The lowest BCUT2D eigenvalue weighted by Crippen LogP contribution is -2.48. The van der Waals surface area contributed by atoms with Gasteiger partial charge in [0, 0.05) is 6.54 Å². The molecule has 3 unspecified atom stereocenters. The molecule has 2 aliphatic rings. The van der Waals surface area contributed by atoms with E-state index in [0.29, 0.717) is 6.61 Å². The Morgan fingerprint density at radius 2 is 2.45 bits per heavy atom. The second-order valence-corrected chi connectivity index (χ2v) is 3.29. The Hall–Kier alpha value is -0.160. The summed E-state index contributed by atoms with van der Waals surface area (Å²) < 4.78 is 11.1. The fourth-order valence-electron chi connectivity index (χ4n) is 1.64. The first-order valence-electron chi connectivity index (χ1n) is 4.01. The predicted octanol–water partition coefficient (Wildman–Crippen LogP) is -0.951. The van der Waals surface area contributed by atoms with Gasteiger partial charge in [0.2, 0.25) is 0 Å². The molecule has 0 aromatic heterocycles. The molecule has 0 aromatic rings. The van der Waals surface area contributed by atoms with Crippen molar-refractivity contribution in [2.75, 3.05) is 19.7 Å². The Morgan fingerprint density at radius 1 is 1.64 bits per heavy atom. The van der Waals surface area contributed by atoms with Crippen LogP contribution in [0.5, 0.6) is 0 Å². The van der Waals surface area contributed by atoms with Crippen molar-refractivity contribution in [2.24, 2.45) is 5.73 Å². The molecule has 2 aliphatic heterocycles. The molecule has 0 aromatic carbocycles. The Bertz CT molecular complexity index is 165. The summed E-state index contributed by atoms with van der Waals surface area (Å²) in [5.41, 5.74) is 5.82. The molecular formula is C7H14N2O2. The van der Waals surface area contributed by atoms with Gasteiger partial charge in [-0.05, 0) is 6.92 Å². The highest BCUT2D eigenvalue weighted by atomic mass is 16.7. The largest absolute Gasteiger partial charge is 0.345 e. The smallest absolute Gasteiger partial charge is 0.197 e. The zero-order chi connectivity index (χ0) is 7.90. The zero-order valence-electron chi connectivity index (χ0n) is 6.67. The van der Waals surface area contributed by atoms with Crippen molar-refractivity contribution in [1.29, 1.82) is 0 Å². The van der Waals surface area contributed by atoms with Gasteiger partial charge in [-0.2, -0.15) is 0 Å². The van der Waals surface area contributed by atoms with Crippen LogP contribution in [0.3, 0.4) is 0 Å². The van der Waals surface area contributed by atoms with E-state index in [9.17, 15) is 0 Å². The average molecular weight is 158 g/mol. The van der Waals surface area contributed by atoms with Gasteiger partial charge in [-0.3, -0.25) is 0 Å². The average Bonchev–Trinajstić information content (AvgIpc) is 2.46. The standard InChI is InChI=1S/C7H14N2O2/c1-5-3-10-7(11-5)4-9-2-6(7)8/h5-6,9H,2-4,8H2,1H3. The van der Waals surface area contributed by atoms with Crippen LogP contribution in [0.2, 0.25) is 0 Å². The molecule has 2 heterocycles. The van der Waals surface area contributed by atoms with Gasteiger partial charge >= 0.3 is 0 Å². The number of nitrogens with one attached hydrogen (secondary N) is 1. The van der Waals surface area contributed by atoms with E-state index in [4.69, 9.17) is 15.2 Å². The van der Waals surface area contributed by atoms with E-state index in [1.165, 1.54) is 0 Å². The molecule has 4 heteroatoms. The third-order valence-electron chi connectivity index (χ3n) is 2.26. The van der Waals surface area contributed by atoms with Crippen molar-refractivity contribution in [3.63, 3.8) is 0 Å². The molecule has 64 valence electrons. The van der Waals surface area contributed by atoms with Crippen LogP contribution in [0, 0.1) is 0 Å². The first kappa shape index (κ1) is 7.49. The molecule has 0 amide bonds. The van der Waals surface area contributed by atoms with Crippen molar-refractivity contribution < 1.29 is 9.47 Å². The van der Waals surface area contributed by atoms with E-state index in [-0.39, 0.29) is 12.1 Å². The number of hydrogen-bond donors (Lipinski definition) is 2. The van der Waals surface area contributed by atoms with Crippen LogP contribution in [-0.2, 0) is 9.47 Å². The van der Waals surface area contributed by atoms with E-state index in [1.54, 1.807) is 0 Å². The van der Waals surface area contributed by atoms with Crippen LogP contribution in [0.25, 0.3) is 0 Å². The van der Waals surface area contributed by atoms with Crippen molar-refractivity contribution in [3.8, 4) is 0 Å². The lowest BCUT2D eigenvalue weighted by molar-refractivity contribution is -0.158. The molecule has 0 aliphatic carbocycles. The molecule has 4 nitrogen and oxygen atoms in total. The molecule has 3 N–H and O–H groups in total. The molecule has 0 saturated carbocycles. The quantitative estimate of drug-likeness (QED) is 0.477. The minimum absolute atomic E-state index is 0.0209. The summed E-state index contributed by atoms with van der Waals surface area (Å²) in [6.45, 7) is 4.17. The Morgan fingerprint density at radius 3 is 2.91 bits per heavy atom. The number of rotatable bonds is 0. The van der Waals surface area contributed by atoms with Gasteiger partial charge in [0.25, 0.3) is 0 Å². The van der Waals surface area contributed by atoms with Gasteiger partial charge < -0.3 is 20.5 Å². The van der Waals surface area contributed by atoms with Gasteiger partial charge in [-0.15, -0.1) is 0 Å². The zero-order valence-corrected chi connectivity index (χ0v) is 6.67. The maximum absolute atomic E-state index is 5.82. The Kier molecular flexibility index (Phi) is 1.64. The number of hydrogen-bond acceptors (Lipinski definition) is 4. The normalized spacial score (nSPS) is 50.7. The van der Waals surface area contributed by atoms with Gasteiger partial charge in [-0.25, -0.2) is 0 Å². The van der Waals surface area contributed by atoms with Crippen LogP contribution < -0.4 is 11.1 Å². The van der Waals surface area contributed by atoms with Gasteiger partial charge in [0.05, 0.1) is 25.3 Å². The van der Waals surface area contributed by atoms with E-state index in [0.717, 1.165) is 13.1 Å². The third kappa shape index (κ3) is 1.06. The molecule has 11 heavy (non-hydrogen) atoms. The monoisotopic (exact) mass is 158 g/mol. The first-order valence-corrected chi connectivity index (χ1v) is 4.01. The molecule has 3 atom stereocenters. The molecule has 1 spiro atoms. The Balaban J connectivity index is 2.10. The number of ether oxygens (including phenoxy) is 2. The minimum Gasteiger partial charge on any atom is -0.345 e. The van der Waals surface area contributed by atoms with E-state index < -0.39 is 5.79 Å². The molecule has 0 bridgehead atoms. The highest BCUT2D eigenvalue weighted by molar-refractivity contribution is 4.96. The molecule has 2 fully saturated rings. The second kappa shape index (κ2) is 2.42. The maximum atomic E-state index is 5.82. The summed E-state index contributed by atoms with van der Waals surface area (Å²) >= 11 is 0. The Labute approximate surface area is 66.0 Å². The van der Waals surface area contributed by atoms with Crippen molar-refractivity contribution in [2.45, 2.75) is 24.9 Å². The fourth-order valence-corrected chi connectivity index (χ4v) is 1.64. The second-order valence-electron chi connectivity index (χ2n) is 3.29. The molecule has 2 saturated heterocycles. The van der Waals surface area contributed by atoms with Crippen LogP contribution in [-0.4, -0.2) is 37.6 Å². The van der Waals surface area contributed by atoms with Crippen LogP contribution in [0.4, 0.5) is 0 Å². The SMILES string of the molecule is CC1COC2(CNCC2N)O1. The van der Waals surface area contributed by atoms with Crippen LogP contribution >= 0.6 is 0 Å². The van der Waals surface area contributed by atoms with Crippen LogP contribution in [0.1, 0.15) is 6.92 Å². The summed E-state index contributed by atoms with van der Waals surface area (Å²) in [4.78, 5) is 0. The first-order chi connectivity index (χ1) is 5.23. The predicted molar refractivity (Wildman–Crippen MR) is 40.1 cm³/mol. The molecular weight excluding hydrogens is 144 g/mol. The van der Waals surface area contributed by atoms with E-state index in [1.807, 2.05) is 6.92 Å². The summed E-state index contributed by atoms with van der Waals surface area (Å²) in [5.74, 6) is -0.514. The minimum atomic E-state index is -0.514. The lowest BCUT2D eigenvalue weighted by atomic mass is 10.2. The van der Waals surface area contributed by atoms with Crippen molar-refractivity contribution >= 4 is 0 Å². The molecule has 0 radical (unpaired) electrons.